The lowest BCUT2D eigenvalue weighted by atomic mass is 10.0. The standard InChI is InChI=1S/C28H28N8O3/c37-25-22(17-21(18-24(25)36(38)39)16-20-10-4-1-5-11-20)19-29-34-27-31-26(30-23-12-6-2-7-13-23)32-28(33-27)35-14-8-3-9-15-35/h1-2,4-7,10-13,17-19,37H,3,8-9,14-16H2,(H2,30,31,32,33,34)/b29-19+. The van der Waals surface area contributed by atoms with Crippen LogP contribution in [0.25, 0.3) is 0 Å². The molecule has 0 amide bonds. The van der Waals surface area contributed by atoms with Crippen molar-refractivity contribution in [2.45, 2.75) is 25.7 Å². The molecule has 0 bridgehead atoms. The molecule has 5 rings (SSSR count). The highest BCUT2D eigenvalue weighted by Gasteiger charge is 2.19. The molecule has 0 spiro atoms. The minimum Gasteiger partial charge on any atom is -0.502 e. The van der Waals surface area contributed by atoms with Crippen molar-refractivity contribution in [1.29, 1.82) is 0 Å². The molecule has 1 aliphatic rings. The highest BCUT2D eigenvalue weighted by Crippen LogP contribution is 2.31. The minimum atomic E-state index is -0.604. The van der Waals surface area contributed by atoms with E-state index in [2.05, 4.69) is 35.7 Å². The molecular formula is C28H28N8O3. The Morgan fingerprint density at radius 2 is 1.62 bits per heavy atom. The average Bonchev–Trinajstić information content (AvgIpc) is 2.96. The Labute approximate surface area is 225 Å². The van der Waals surface area contributed by atoms with Crippen LogP contribution >= 0.6 is 0 Å². The van der Waals surface area contributed by atoms with Gasteiger partial charge in [0.15, 0.2) is 0 Å². The van der Waals surface area contributed by atoms with E-state index in [1.165, 1.54) is 18.7 Å². The molecule has 0 aliphatic carbocycles. The third-order valence-corrected chi connectivity index (χ3v) is 6.29. The van der Waals surface area contributed by atoms with Gasteiger partial charge in [0, 0.05) is 30.4 Å². The first-order chi connectivity index (χ1) is 19.0. The second kappa shape index (κ2) is 12.0. The first kappa shape index (κ1) is 25.6. The maximum absolute atomic E-state index is 11.6. The van der Waals surface area contributed by atoms with Crippen LogP contribution in [0.5, 0.6) is 5.75 Å². The van der Waals surface area contributed by atoms with Gasteiger partial charge < -0.3 is 15.3 Å². The number of rotatable bonds is 9. The minimum absolute atomic E-state index is 0.203. The van der Waals surface area contributed by atoms with Gasteiger partial charge in [-0.15, -0.1) is 0 Å². The Balaban J connectivity index is 1.41. The molecule has 4 aromatic rings. The van der Waals surface area contributed by atoms with Crippen LogP contribution in [-0.4, -0.2) is 44.3 Å². The van der Waals surface area contributed by atoms with Gasteiger partial charge in [0.2, 0.25) is 23.6 Å². The topological polar surface area (TPSA) is 142 Å². The number of aromatic hydroxyl groups is 1. The Kier molecular flexibility index (Phi) is 7.87. The van der Waals surface area contributed by atoms with Crippen LogP contribution in [0.15, 0.2) is 77.9 Å². The van der Waals surface area contributed by atoms with Gasteiger partial charge in [0.1, 0.15) is 0 Å². The van der Waals surface area contributed by atoms with Crippen molar-refractivity contribution in [3.8, 4) is 5.75 Å². The lowest BCUT2D eigenvalue weighted by Crippen LogP contribution is -2.31. The van der Waals surface area contributed by atoms with E-state index in [1.807, 2.05) is 60.7 Å². The maximum atomic E-state index is 11.6. The van der Waals surface area contributed by atoms with Gasteiger partial charge in [-0.3, -0.25) is 10.1 Å². The van der Waals surface area contributed by atoms with Crippen LogP contribution in [0.4, 0.5) is 29.2 Å². The van der Waals surface area contributed by atoms with Crippen LogP contribution in [0.3, 0.4) is 0 Å². The first-order valence-electron chi connectivity index (χ1n) is 12.7. The van der Waals surface area contributed by atoms with E-state index in [4.69, 9.17) is 0 Å². The van der Waals surface area contributed by atoms with Crippen LogP contribution < -0.4 is 15.6 Å². The number of aromatic nitrogens is 3. The van der Waals surface area contributed by atoms with E-state index < -0.39 is 10.7 Å². The summed E-state index contributed by atoms with van der Waals surface area (Å²) in [5, 5.41) is 29.5. The summed E-state index contributed by atoms with van der Waals surface area (Å²) >= 11 is 0. The van der Waals surface area contributed by atoms with Gasteiger partial charge >= 0.3 is 5.69 Å². The van der Waals surface area contributed by atoms with E-state index in [1.54, 1.807) is 6.07 Å². The molecule has 0 unspecified atom stereocenters. The van der Waals surface area contributed by atoms with E-state index >= 15 is 0 Å². The zero-order chi connectivity index (χ0) is 27.0. The Morgan fingerprint density at radius 3 is 2.33 bits per heavy atom. The summed E-state index contributed by atoms with van der Waals surface area (Å²) in [5.74, 6) is 0.634. The molecule has 0 radical (unpaired) electrons. The summed E-state index contributed by atoms with van der Waals surface area (Å²) in [5.41, 5.74) is 5.12. The summed E-state index contributed by atoms with van der Waals surface area (Å²) < 4.78 is 0. The van der Waals surface area contributed by atoms with Crippen molar-refractivity contribution in [2.24, 2.45) is 5.10 Å². The van der Waals surface area contributed by atoms with Crippen molar-refractivity contribution < 1.29 is 10.0 Å². The number of nitrogens with zero attached hydrogens (tertiary/aromatic N) is 6. The fourth-order valence-corrected chi connectivity index (χ4v) is 4.39. The number of benzene rings is 3. The van der Waals surface area contributed by atoms with Gasteiger partial charge in [-0.05, 0) is 55.0 Å². The van der Waals surface area contributed by atoms with Crippen LogP contribution in [0.2, 0.25) is 0 Å². The van der Waals surface area contributed by atoms with Gasteiger partial charge in [-0.25, -0.2) is 5.43 Å². The molecule has 11 nitrogen and oxygen atoms in total. The number of piperidine rings is 1. The van der Waals surface area contributed by atoms with Crippen molar-refractivity contribution in [2.75, 3.05) is 28.7 Å². The fraction of sp³-hybridized carbons (Fsp3) is 0.214. The number of hydrogen-bond donors (Lipinski definition) is 3. The molecule has 198 valence electrons. The summed E-state index contributed by atoms with van der Waals surface area (Å²) in [6.07, 6.45) is 5.09. The number of nitro benzene ring substituents is 1. The summed E-state index contributed by atoms with van der Waals surface area (Å²) in [6, 6.07) is 22.2. The smallest absolute Gasteiger partial charge is 0.311 e. The molecular weight excluding hydrogens is 496 g/mol. The molecule has 39 heavy (non-hydrogen) atoms. The number of hydrogen-bond acceptors (Lipinski definition) is 10. The largest absolute Gasteiger partial charge is 0.502 e. The van der Waals surface area contributed by atoms with Gasteiger partial charge in [0.25, 0.3) is 0 Å². The predicted octanol–water partition coefficient (Wildman–Crippen LogP) is 5.26. The van der Waals surface area contributed by atoms with Crippen molar-refractivity contribution in [3.05, 3.63) is 99.6 Å². The zero-order valence-electron chi connectivity index (χ0n) is 21.2. The number of anilines is 4. The number of phenols is 1. The van der Waals surface area contributed by atoms with Gasteiger partial charge in [-0.1, -0.05) is 48.5 Å². The van der Waals surface area contributed by atoms with Gasteiger partial charge in [-0.2, -0.15) is 20.1 Å². The third-order valence-electron chi connectivity index (χ3n) is 6.29. The summed E-state index contributed by atoms with van der Waals surface area (Å²) in [4.78, 5) is 26.7. The second-order valence-corrected chi connectivity index (χ2v) is 9.16. The third kappa shape index (κ3) is 6.63. The predicted molar refractivity (Wildman–Crippen MR) is 151 cm³/mol. The molecule has 1 fully saturated rings. The number of phenolic OH excluding ortho intramolecular Hbond substituents is 1. The highest BCUT2D eigenvalue weighted by molar-refractivity contribution is 5.86. The van der Waals surface area contributed by atoms with E-state index in [9.17, 15) is 15.2 Å². The number of hydrazone groups is 1. The molecule has 3 N–H and O–H groups in total. The SMILES string of the molecule is O=[N+]([O-])c1cc(Cc2ccccc2)cc(/C=N/Nc2nc(Nc3ccccc3)nc(N3CCCCC3)n2)c1O. The normalized spacial score (nSPS) is 13.4. The molecule has 11 heteroatoms. The van der Waals surface area contributed by atoms with Crippen LogP contribution in [-0.2, 0) is 6.42 Å². The highest BCUT2D eigenvalue weighted by atomic mass is 16.6. The van der Waals surface area contributed by atoms with E-state index in [-0.39, 0.29) is 17.2 Å². The molecule has 1 aromatic heterocycles. The molecule has 1 saturated heterocycles. The maximum Gasteiger partial charge on any atom is 0.311 e. The molecule has 2 heterocycles. The van der Waals surface area contributed by atoms with Crippen molar-refractivity contribution in [3.63, 3.8) is 0 Å². The quantitative estimate of drug-likeness (QED) is 0.152. The fourth-order valence-electron chi connectivity index (χ4n) is 4.39. The number of nitro groups is 1. The Morgan fingerprint density at radius 1 is 0.923 bits per heavy atom. The number of para-hydroxylation sites is 1. The molecule has 0 atom stereocenters. The first-order valence-corrected chi connectivity index (χ1v) is 12.7. The molecule has 1 aliphatic heterocycles. The monoisotopic (exact) mass is 524 g/mol. The summed E-state index contributed by atoms with van der Waals surface area (Å²) in [7, 11) is 0. The van der Waals surface area contributed by atoms with Crippen molar-refractivity contribution in [1.82, 2.24) is 15.0 Å². The number of nitrogens with one attached hydrogen (secondary N) is 2. The average molecular weight is 525 g/mol. The zero-order valence-corrected chi connectivity index (χ0v) is 21.2. The Hall–Kier alpha value is -5.06. The van der Waals surface area contributed by atoms with Crippen LogP contribution in [0, 0.1) is 10.1 Å². The van der Waals surface area contributed by atoms with E-state index in [0.717, 1.165) is 37.2 Å². The lowest BCUT2D eigenvalue weighted by Gasteiger charge is -2.26. The summed E-state index contributed by atoms with van der Waals surface area (Å²) in [6.45, 7) is 1.70. The molecule has 0 saturated carbocycles. The van der Waals surface area contributed by atoms with Crippen LogP contribution in [0.1, 0.15) is 36.0 Å². The van der Waals surface area contributed by atoms with E-state index in [0.29, 0.717) is 23.9 Å². The Bertz CT molecular complexity index is 1460. The second-order valence-electron chi connectivity index (χ2n) is 9.16. The van der Waals surface area contributed by atoms with Gasteiger partial charge in [0.05, 0.1) is 11.1 Å². The lowest BCUT2D eigenvalue weighted by molar-refractivity contribution is -0.385. The van der Waals surface area contributed by atoms with Crippen molar-refractivity contribution >= 4 is 35.4 Å². The molecule has 3 aromatic carbocycles.